The number of hydrogen-bond acceptors (Lipinski definition) is 4. The van der Waals surface area contributed by atoms with E-state index in [1.54, 1.807) is 0 Å². The molecule has 5 nitrogen and oxygen atoms in total. The summed E-state index contributed by atoms with van der Waals surface area (Å²) in [6, 6.07) is 8.96. The smallest absolute Gasteiger partial charge is 0.191 e. The van der Waals surface area contributed by atoms with Crippen molar-refractivity contribution in [2.75, 3.05) is 58.3 Å². The van der Waals surface area contributed by atoms with E-state index in [-0.39, 0.29) is 0 Å². The highest BCUT2D eigenvalue weighted by molar-refractivity contribution is 7.98. The number of piperazine rings is 1. The average Bonchev–Trinajstić information content (AvgIpc) is 2.66. The molecule has 2 rings (SSSR count). The molecule has 2 N–H and O–H groups in total. The molecular weight excluding hydrogens is 330 g/mol. The van der Waals surface area contributed by atoms with Gasteiger partial charge >= 0.3 is 0 Å². The lowest BCUT2D eigenvalue weighted by atomic mass is 10.1. The molecule has 1 fully saturated rings. The fourth-order valence-electron chi connectivity index (χ4n) is 2.96. The van der Waals surface area contributed by atoms with Gasteiger partial charge in [-0.25, -0.2) is 0 Å². The largest absolute Gasteiger partial charge is 0.356 e. The molecule has 140 valence electrons. The van der Waals surface area contributed by atoms with E-state index in [9.17, 15) is 0 Å². The zero-order valence-electron chi connectivity index (χ0n) is 15.9. The molecule has 1 aromatic carbocycles. The fourth-order valence-corrected chi connectivity index (χ4v) is 3.27. The molecule has 1 heterocycles. The van der Waals surface area contributed by atoms with E-state index in [4.69, 9.17) is 0 Å². The maximum absolute atomic E-state index is 4.26. The number of nitrogens with one attached hydrogen (secondary N) is 2. The average molecular weight is 364 g/mol. The molecule has 1 aliphatic rings. The summed E-state index contributed by atoms with van der Waals surface area (Å²) in [4.78, 5) is 9.33. The van der Waals surface area contributed by atoms with Crippen LogP contribution in [0.25, 0.3) is 0 Å². The van der Waals surface area contributed by atoms with Gasteiger partial charge < -0.3 is 15.5 Å². The topological polar surface area (TPSA) is 42.9 Å². The van der Waals surface area contributed by atoms with Gasteiger partial charge in [-0.1, -0.05) is 31.2 Å². The lowest BCUT2D eigenvalue weighted by Gasteiger charge is -2.34. The quantitative estimate of drug-likeness (QED) is 0.419. The van der Waals surface area contributed by atoms with Crippen LogP contribution in [0, 0.1) is 0 Å². The highest BCUT2D eigenvalue weighted by atomic mass is 32.2. The molecule has 0 atom stereocenters. The van der Waals surface area contributed by atoms with Crippen LogP contribution in [0.5, 0.6) is 0 Å². The summed E-state index contributed by atoms with van der Waals surface area (Å²) in [5, 5.41) is 6.69. The lowest BCUT2D eigenvalue weighted by molar-refractivity contribution is 0.132. The van der Waals surface area contributed by atoms with Gasteiger partial charge in [-0.15, -0.1) is 0 Å². The summed E-state index contributed by atoms with van der Waals surface area (Å²) in [7, 11) is 1.82. The van der Waals surface area contributed by atoms with E-state index in [0.29, 0.717) is 0 Å². The first kappa shape index (κ1) is 20.1. The summed E-state index contributed by atoms with van der Waals surface area (Å²) >= 11 is 1.83. The van der Waals surface area contributed by atoms with Gasteiger partial charge in [-0.2, -0.15) is 11.8 Å². The molecule has 1 aromatic rings. The van der Waals surface area contributed by atoms with Crippen LogP contribution in [0.4, 0.5) is 0 Å². The number of thioether (sulfide) groups is 1. The van der Waals surface area contributed by atoms with Crippen LogP contribution < -0.4 is 10.6 Å². The number of hydrogen-bond donors (Lipinski definition) is 2. The van der Waals surface area contributed by atoms with Crippen molar-refractivity contribution in [1.29, 1.82) is 0 Å². The van der Waals surface area contributed by atoms with Gasteiger partial charge in [-0.05, 0) is 23.9 Å². The summed E-state index contributed by atoms with van der Waals surface area (Å²) < 4.78 is 0. The summed E-state index contributed by atoms with van der Waals surface area (Å²) in [6.45, 7) is 11.0. The molecule has 1 saturated heterocycles. The first-order valence-electron chi connectivity index (χ1n) is 9.21. The second kappa shape index (κ2) is 11.4. The van der Waals surface area contributed by atoms with E-state index in [0.717, 1.165) is 31.3 Å². The molecule has 0 amide bonds. The minimum absolute atomic E-state index is 0.800. The van der Waals surface area contributed by atoms with E-state index >= 15 is 0 Å². The van der Waals surface area contributed by atoms with Crippen molar-refractivity contribution in [2.45, 2.75) is 20.0 Å². The standard InChI is InChI=1S/C19H33N5S/c1-4-23-10-12-24(13-11-23)16-18-7-5-17(6-8-18)15-22-19(20-2)21-9-14-25-3/h5-8H,4,9-16H2,1-3H3,(H2,20,21,22). The Labute approximate surface area is 157 Å². The number of nitrogens with zero attached hydrogens (tertiary/aromatic N) is 3. The zero-order chi connectivity index (χ0) is 17.9. The Morgan fingerprint density at radius 2 is 1.68 bits per heavy atom. The predicted molar refractivity (Wildman–Crippen MR) is 110 cm³/mol. The maximum atomic E-state index is 4.26. The molecule has 0 aromatic heterocycles. The Morgan fingerprint density at radius 3 is 2.28 bits per heavy atom. The molecule has 6 heteroatoms. The van der Waals surface area contributed by atoms with Crippen LogP contribution in [-0.2, 0) is 13.1 Å². The molecule has 0 saturated carbocycles. The Bertz CT molecular complexity index is 509. The molecule has 0 radical (unpaired) electrons. The van der Waals surface area contributed by atoms with Crippen molar-refractivity contribution < 1.29 is 0 Å². The number of benzene rings is 1. The third-order valence-electron chi connectivity index (χ3n) is 4.62. The monoisotopic (exact) mass is 363 g/mol. The second-order valence-electron chi connectivity index (χ2n) is 6.37. The van der Waals surface area contributed by atoms with E-state index in [1.807, 2.05) is 18.8 Å². The van der Waals surface area contributed by atoms with E-state index in [1.165, 1.54) is 43.9 Å². The zero-order valence-corrected chi connectivity index (χ0v) is 16.7. The fraction of sp³-hybridized carbons (Fsp3) is 0.632. The van der Waals surface area contributed by atoms with Crippen molar-refractivity contribution in [2.24, 2.45) is 4.99 Å². The highest BCUT2D eigenvalue weighted by Gasteiger charge is 2.15. The van der Waals surface area contributed by atoms with Crippen molar-refractivity contribution in [3.8, 4) is 0 Å². The predicted octanol–water partition coefficient (Wildman–Crippen LogP) is 1.85. The third kappa shape index (κ3) is 7.26. The van der Waals surface area contributed by atoms with Gasteiger partial charge in [0.25, 0.3) is 0 Å². The number of aliphatic imine (C=N–C) groups is 1. The minimum atomic E-state index is 0.800. The van der Waals surface area contributed by atoms with Crippen molar-refractivity contribution >= 4 is 17.7 Å². The molecule has 1 aliphatic heterocycles. The van der Waals surface area contributed by atoms with Gasteiger partial charge in [0, 0.05) is 58.6 Å². The van der Waals surface area contributed by atoms with E-state index in [2.05, 4.69) is 62.9 Å². The van der Waals surface area contributed by atoms with Gasteiger partial charge in [-0.3, -0.25) is 9.89 Å². The molecule has 0 spiro atoms. The molecular formula is C19H33N5S. The summed E-state index contributed by atoms with van der Waals surface area (Å²) in [5.74, 6) is 1.95. The van der Waals surface area contributed by atoms with Crippen LogP contribution in [0.3, 0.4) is 0 Å². The van der Waals surface area contributed by atoms with Gasteiger partial charge in [0.15, 0.2) is 5.96 Å². The Balaban J connectivity index is 1.74. The molecule has 25 heavy (non-hydrogen) atoms. The maximum Gasteiger partial charge on any atom is 0.191 e. The third-order valence-corrected chi connectivity index (χ3v) is 5.24. The molecule has 0 bridgehead atoms. The van der Waals surface area contributed by atoms with Crippen molar-refractivity contribution in [1.82, 2.24) is 20.4 Å². The van der Waals surface area contributed by atoms with Crippen molar-refractivity contribution in [3.63, 3.8) is 0 Å². The van der Waals surface area contributed by atoms with Crippen LogP contribution in [-0.4, -0.2) is 74.1 Å². The van der Waals surface area contributed by atoms with Gasteiger partial charge in [0.05, 0.1) is 0 Å². The molecule has 0 unspecified atom stereocenters. The SMILES string of the molecule is CCN1CCN(Cc2ccc(CNC(=NC)NCCSC)cc2)CC1. The lowest BCUT2D eigenvalue weighted by Crippen LogP contribution is -2.45. The molecule has 0 aliphatic carbocycles. The van der Waals surface area contributed by atoms with Gasteiger partial charge in [0.1, 0.15) is 0 Å². The minimum Gasteiger partial charge on any atom is -0.356 e. The normalized spacial score (nSPS) is 16.8. The highest BCUT2D eigenvalue weighted by Crippen LogP contribution is 2.10. The summed E-state index contributed by atoms with van der Waals surface area (Å²) in [5.41, 5.74) is 2.68. The van der Waals surface area contributed by atoms with E-state index < -0.39 is 0 Å². The summed E-state index contributed by atoms with van der Waals surface area (Å²) in [6.07, 6.45) is 2.11. The van der Waals surface area contributed by atoms with Crippen LogP contribution in [0.15, 0.2) is 29.3 Å². The van der Waals surface area contributed by atoms with Crippen LogP contribution in [0.1, 0.15) is 18.1 Å². The second-order valence-corrected chi connectivity index (χ2v) is 7.36. The number of rotatable bonds is 8. The van der Waals surface area contributed by atoms with Crippen molar-refractivity contribution in [3.05, 3.63) is 35.4 Å². The number of likely N-dealkylation sites (N-methyl/N-ethyl adjacent to an activating group) is 1. The van der Waals surface area contributed by atoms with Crippen LogP contribution in [0.2, 0.25) is 0 Å². The van der Waals surface area contributed by atoms with Crippen LogP contribution >= 0.6 is 11.8 Å². The first-order valence-corrected chi connectivity index (χ1v) is 10.6. The Kier molecular flexibility index (Phi) is 9.15. The van der Waals surface area contributed by atoms with Gasteiger partial charge in [0.2, 0.25) is 0 Å². The Hall–Kier alpha value is -1.24. The first-order chi connectivity index (χ1) is 12.2. The Morgan fingerprint density at radius 1 is 1.04 bits per heavy atom. The number of guanidine groups is 1.